The average Bonchev–Trinajstić information content (AvgIpc) is 2.90. The van der Waals surface area contributed by atoms with Gasteiger partial charge in [-0.25, -0.2) is 0 Å². The molecule has 1 atom stereocenters. The minimum absolute atomic E-state index is 0.00236. The highest BCUT2D eigenvalue weighted by molar-refractivity contribution is 5.96. The van der Waals surface area contributed by atoms with Gasteiger partial charge in [0.2, 0.25) is 11.8 Å². The number of carbonyl (C=O) groups excluding carboxylic acids is 2. The van der Waals surface area contributed by atoms with Crippen molar-refractivity contribution in [3.05, 3.63) is 35.9 Å². The van der Waals surface area contributed by atoms with Crippen LogP contribution in [0.3, 0.4) is 0 Å². The van der Waals surface area contributed by atoms with E-state index in [1.54, 1.807) is 0 Å². The van der Waals surface area contributed by atoms with Crippen molar-refractivity contribution in [2.45, 2.75) is 51.4 Å². The minimum atomic E-state index is -0.00250. The van der Waals surface area contributed by atoms with E-state index in [2.05, 4.69) is 19.1 Å². The van der Waals surface area contributed by atoms with Crippen LogP contribution >= 0.6 is 0 Å². The summed E-state index contributed by atoms with van der Waals surface area (Å²) in [5.74, 6) is 0.229. The Morgan fingerprint density at radius 3 is 2.65 bits per heavy atom. The molecule has 1 fully saturated rings. The molecule has 0 aliphatic carbocycles. The molecule has 1 aliphatic heterocycles. The molecule has 1 aromatic carbocycles. The Morgan fingerprint density at radius 2 is 2.05 bits per heavy atom. The summed E-state index contributed by atoms with van der Waals surface area (Å²) in [5.41, 5.74) is 1.21. The van der Waals surface area contributed by atoms with Crippen molar-refractivity contribution in [3.63, 3.8) is 0 Å². The molecule has 108 valence electrons. The predicted octanol–water partition coefficient (Wildman–Crippen LogP) is 3.50. The lowest BCUT2D eigenvalue weighted by atomic mass is 9.90. The van der Waals surface area contributed by atoms with Gasteiger partial charge in [-0.15, -0.1) is 0 Å². The molecule has 0 spiro atoms. The van der Waals surface area contributed by atoms with Crippen LogP contribution < -0.4 is 0 Å². The molecular weight excluding hydrogens is 250 g/mol. The molecule has 2 amide bonds. The third kappa shape index (κ3) is 3.69. The van der Waals surface area contributed by atoms with E-state index < -0.39 is 0 Å². The molecule has 1 heterocycles. The molecule has 2 rings (SSSR count). The van der Waals surface area contributed by atoms with E-state index in [0.717, 1.165) is 25.7 Å². The number of nitrogens with zero attached hydrogens (tertiary/aromatic N) is 1. The number of carbonyl (C=O) groups is 2. The summed E-state index contributed by atoms with van der Waals surface area (Å²) in [6.07, 6.45) is 5.04. The van der Waals surface area contributed by atoms with Crippen molar-refractivity contribution in [2.75, 3.05) is 6.54 Å². The van der Waals surface area contributed by atoms with Gasteiger partial charge in [0.15, 0.2) is 0 Å². The Labute approximate surface area is 121 Å². The standard InChI is InChI=1S/C17H23NO2/c1-2-3-8-15(14-9-5-4-6-10-14)13-17(20)18-12-7-11-16(18)19/h4-6,9-10,15H,2-3,7-8,11-13H2,1H3. The molecule has 3 nitrogen and oxygen atoms in total. The molecule has 1 saturated heterocycles. The maximum atomic E-state index is 12.3. The molecule has 20 heavy (non-hydrogen) atoms. The van der Waals surface area contributed by atoms with Crippen LogP contribution in [0.4, 0.5) is 0 Å². The zero-order valence-electron chi connectivity index (χ0n) is 12.2. The SMILES string of the molecule is CCCCC(CC(=O)N1CCCC1=O)c1ccccc1. The molecule has 0 aromatic heterocycles. The van der Waals surface area contributed by atoms with Gasteiger partial charge < -0.3 is 0 Å². The van der Waals surface area contributed by atoms with Gasteiger partial charge in [-0.2, -0.15) is 0 Å². The molecule has 1 unspecified atom stereocenters. The Hall–Kier alpha value is -1.64. The summed E-state index contributed by atoms with van der Waals surface area (Å²) in [6.45, 7) is 2.76. The molecule has 0 saturated carbocycles. The lowest BCUT2D eigenvalue weighted by Gasteiger charge is -2.20. The van der Waals surface area contributed by atoms with Crippen LogP contribution in [0, 0.1) is 0 Å². The van der Waals surface area contributed by atoms with Crippen molar-refractivity contribution >= 4 is 11.8 Å². The van der Waals surface area contributed by atoms with E-state index in [1.807, 2.05) is 18.2 Å². The molecule has 1 aliphatic rings. The van der Waals surface area contributed by atoms with Crippen LogP contribution in [0.25, 0.3) is 0 Å². The van der Waals surface area contributed by atoms with Crippen LogP contribution in [0.1, 0.15) is 56.9 Å². The first-order valence-corrected chi connectivity index (χ1v) is 7.60. The van der Waals surface area contributed by atoms with E-state index in [-0.39, 0.29) is 17.7 Å². The van der Waals surface area contributed by atoms with Gasteiger partial charge in [0, 0.05) is 19.4 Å². The van der Waals surface area contributed by atoms with Crippen molar-refractivity contribution in [1.29, 1.82) is 0 Å². The predicted molar refractivity (Wildman–Crippen MR) is 79.3 cm³/mol. The largest absolute Gasteiger partial charge is 0.283 e. The topological polar surface area (TPSA) is 37.4 Å². The van der Waals surface area contributed by atoms with Gasteiger partial charge in [-0.1, -0.05) is 50.1 Å². The van der Waals surface area contributed by atoms with E-state index in [4.69, 9.17) is 0 Å². The summed E-state index contributed by atoms with van der Waals surface area (Å²) in [4.78, 5) is 25.4. The van der Waals surface area contributed by atoms with Gasteiger partial charge >= 0.3 is 0 Å². The van der Waals surface area contributed by atoms with Crippen molar-refractivity contribution in [2.24, 2.45) is 0 Å². The van der Waals surface area contributed by atoms with Crippen LogP contribution in [0.15, 0.2) is 30.3 Å². The number of rotatable bonds is 6. The normalized spacial score (nSPS) is 16.4. The first-order chi connectivity index (χ1) is 9.72. The van der Waals surface area contributed by atoms with Gasteiger partial charge in [0.25, 0.3) is 0 Å². The smallest absolute Gasteiger partial charge is 0.229 e. The number of amides is 2. The summed E-state index contributed by atoms with van der Waals surface area (Å²) in [7, 11) is 0. The highest BCUT2D eigenvalue weighted by Crippen LogP contribution is 2.27. The quantitative estimate of drug-likeness (QED) is 0.795. The maximum Gasteiger partial charge on any atom is 0.229 e. The fourth-order valence-electron chi connectivity index (χ4n) is 2.80. The third-order valence-electron chi connectivity index (χ3n) is 3.97. The second kappa shape index (κ2) is 7.22. The highest BCUT2D eigenvalue weighted by Gasteiger charge is 2.28. The number of unbranched alkanes of at least 4 members (excludes halogenated alkanes) is 1. The van der Waals surface area contributed by atoms with Crippen LogP contribution in [0.2, 0.25) is 0 Å². The second-order valence-electron chi connectivity index (χ2n) is 5.50. The van der Waals surface area contributed by atoms with Crippen LogP contribution in [-0.2, 0) is 9.59 Å². The van der Waals surface area contributed by atoms with E-state index >= 15 is 0 Å². The monoisotopic (exact) mass is 273 g/mol. The van der Waals surface area contributed by atoms with Crippen molar-refractivity contribution in [1.82, 2.24) is 4.90 Å². The highest BCUT2D eigenvalue weighted by atomic mass is 16.2. The van der Waals surface area contributed by atoms with E-state index in [1.165, 1.54) is 10.5 Å². The van der Waals surface area contributed by atoms with E-state index in [9.17, 15) is 9.59 Å². The van der Waals surface area contributed by atoms with E-state index in [0.29, 0.717) is 19.4 Å². The van der Waals surface area contributed by atoms with Gasteiger partial charge in [-0.05, 0) is 24.3 Å². The fraction of sp³-hybridized carbons (Fsp3) is 0.529. The van der Waals surface area contributed by atoms with Crippen LogP contribution in [-0.4, -0.2) is 23.3 Å². The Kier molecular flexibility index (Phi) is 5.33. The van der Waals surface area contributed by atoms with Crippen molar-refractivity contribution in [3.8, 4) is 0 Å². The number of benzene rings is 1. The third-order valence-corrected chi connectivity index (χ3v) is 3.97. The number of hydrogen-bond donors (Lipinski definition) is 0. The zero-order chi connectivity index (χ0) is 14.4. The molecule has 0 radical (unpaired) electrons. The summed E-state index contributed by atoms with van der Waals surface area (Å²) >= 11 is 0. The summed E-state index contributed by atoms with van der Waals surface area (Å²) < 4.78 is 0. The summed E-state index contributed by atoms with van der Waals surface area (Å²) in [5, 5.41) is 0. The molecule has 1 aromatic rings. The van der Waals surface area contributed by atoms with Crippen LogP contribution in [0.5, 0.6) is 0 Å². The Morgan fingerprint density at radius 1 is 1.30 bits per heavy atom. The number of imide groups is 1. The fourth-order valence-corrected chi connectivity index (χ4v) is 2.80. The van der Waals surface area contributed by atoms with Crippen molar-refractivity contribution < 1.29 is 9.59 Å². The average molecular weight is 273 g/mol. The molecule has 3 heteroatoms. The lowest BCUT2D eigenvalue weighted by molar-refractivity contribution is -0.142. The zero-order valence-corrected chi connectivity index (χ0v) is 12.2. The molecular formula is C17H23NO2. The molecule has 0 bridgehead atoms. The van der Waals surface area contributed by atoms with Gasteiger partial charge in [0.05, 0.1) is 0 Å². The molecule has 0 N–H and O–H groups in total. The minimum Gasteiger partial charge on any atom is -0.283 e. The number of likely N-dealkylation sites (tertiary alicyclic amines) is 1. The first kappa shape index (κ1) is 14.8. The maximum absolute atomic E-state index is 12.3. The van der Waals surface area contributed by atoms with Gasteiger partial charge in [-0.3, -0.25) is 14.5 Å². The Balaban J connectivity index is 2.04. The summed E-state index contributed by atoms with van der Waals surface area (Å²) in [6, 6.07) is 10.2. The number of hydrogen-bond acceptors (Lipinski definition) is 2. The second-order valence-corrected chi connectivity index (χ2v) is 5.50. The lowest BCUT2D eigenvalue weighted by Crippen LogP contribution is -2.32. The first-order valence-electron chi connectivity index (χ1n) is 7.60. The van der Waals surface area contributed by atoms with Gasteiger partial charge in [0.1, 0.15) is 0 Å². The Bertz CT molecular complexity index is 455.